The Hall–Kier alpha value is -1.77. The topological polar surface area (TPSA) is 66.8 Å². The van der Waals surface area contributed by atoms with Crippen LogP contribution in [0, 0.1) is 0 Å². The van der Waals surface area contributed by atoms with Crippen molar-refractivity contribution < 1.29 is 32.6 Å². The Morgan fingerprint density at radius 3 is 2.80 bits per heavy atom. The molecule has 1 aromatic heterocycles. The predicted octanol–water partition coefficient (Wildman–Crippen LogP) is 2.43. The lowest BCUT2D eigenvalue weighted by atomic mass is 10.0. The highest BCUT2D eigenvalue weighted by atomic mass is 32.1. The molecule has 1 aliphatic heterocycles. The number of amides is 1. The summed E-state index contributed by atoms with van der Waals surface area (Å²) in [5.41, 5.74) is 0.428. The summed E-state index contributed by atoms with van der Waals surface area (Å²) in [4.78, 5) is 24.5. The van der Waals surface area contributed by atoms with Crippen molar-refractivity contribution in [3.63, 3.8) is 0 Å². The van der Waals surface area contributed by atoms with Crippen molar-refractivity contribution in [2.75, 3.05) is 13.2 Å². The zero-order chi connectivity index (χ0) is 14.9. The van der Waals surface area contributed by atoms with Crippen LogP contribution in [0.5, 0.6) is 0 Å². The van der Waals surface area contributed by atoms with Crippen molar-refractivity contribution in [2.24, 2.45) is 0 Å². The van der Waals surface area contributed by atoms with Gasteiger partial charge in [-0.05, 0) is 23.4 Å². The van der Waals surface area contributed by atoms with Gasteiger partial charge in [0, 0.05) is 11.4 Å². The molecule has 0 fully saturated rings. The van der Waals surface area contributed by atoms with Gasteiger partial charge in [0.1, 0.15) is 0 Å². The monoisotopic (exact) mass is 309 g/mol. The second-order valence-electron chi connectivity index (χ2n) is 4.15. The number of ether oxygens (including phenoxy) is 1. The maximum atomic E-state index is 12.0. The third kappa shape index (κ3) is 3.03. The molecule has 0 saturated heterocycles. The zero-order valence-electron chi connectivity index (χ0n) is 10.0. The largest absolute Gasteiger partial charge is 0.479 e. The second-order valence-corrected chi connectivity index (χ2v) is 5.15. The summed E-state index contributed by atoms with van der Waals surface area (Å²) in [6, 6.07) is 0.257. The van der Waals surface area contributed by atoms with Crippen molar-refractivity contribution in [3.05, 3.63) is 21.9 Å². The van der Waals surface area contributed by atoms with Gasteiger partial charge in [-0.25, -0.2) is 9.59 Å². The molecule has 1 N–H and O–H groups in total. The number of carboxylic acids is 1. The van der Waals surface area contributed by atoms with E-state index in [0.29, 0.717) is 12.0 Å². The number of rotatable bonds is 2. The average molecular weight is 309 g/mol. The maximum absolute atomic E-state index is 12.0. The smallest absolute Gasteiger partial charge is 0.422 e. The number of alkyl halides is 3. The molecule has 2 heterocycles. The molecule has 0 aromatic carbocycles. The van der Waals surface area contributed by atoms with Crippen LogP contribution in [0.4, 0.5) is 18.0 Å². The Morgan fingerprint density at radius 2 is 2.20 bits per heavy atom. The van der Waals surface area contributed by atoms with Crippen molar-refractivity contribution in [2.45, 2.75) is 18.6 Å². The summed E-state index contributed by atoms with van der Waals surface area (Å²) in [6.45, 7) is -1.72. The third-order valence-electron chi connectivity index (χ3n) is 2.79. The number of hydrogen-bond donors (Lipinski definition) is 1. The molecule has 1 atom stereocenters. The van der Waals surface area contributed by atoms with Gasteiger partial charge < -0.3 is 9.84 Å². The van der Waals surface area contributed by atoms with Crippen LogP contribution in [-0.2, 0) is 16.0 Å². The molecule has 1 aromatic rings. The third-order valence-corrected chi connectivity index (χ3v) is 3.79. The Bertz CT molecular complexity index is 528. The Morgan fingerprint density at radius 1 is 1.50 bits per heavy atom. The van der Waals surface area contributed by atoms with E-state index < -0.39 is 30.9 Å². The van der Waals surface area contributed by atoms with E-state index in [4.69, 9.17) is 0 Å². The van der Waals surface area contributed by atoms with Crippen LogP contribution < -0.4 is 0 Å². The normalized spacial score (nSPS) is 18.6. The molecule has 0 spiro atoms. The molecule has 1 aliphatic rings. The average Bonchev–Trinajstić information content (AvgIpc) is 2.81. The van der Waals surface area contributed by atoms with Crippen molar-refractivity contribution in [1.29, 1.82) is 0 Å². The molecule has 0 saturated carbocycles. The molecule has 1 unspecified atom stereocenters. The molecule has 0 bridgehead atoms. The standard InChI is InChI=1S/C11H10F3NO4S/c12-11(13,14)5-19-10(18)15-3-1-7-6(2-4-20-7)8(15)9(16)17/h2,4,8H,1,3,5H2,(H,16,17). The van der Waals surface area contributed by atoms with E-state index in [1.165, 1.54) is 11.3 Å². The van der Waals surface area contributed by atoms with Crippen LogP contribution >= 0.6 is 11.3 Å². The van der Waals surface area contributed by atoms with Gasteiger partial charge >= 0.3 is 18.2 Å². The van der Waals surface area contributed by atoms with Gasteiger partial charge in [0.15, 0.2) is 12.6 Å². The lowest BCUT2D eigenvalue weighted by Gasteiger charge is -2.32. The lowest BCUT2D eigenvalue weighted by Crippen LogP contribution is -2.44. The molecule has 2 rings (SSSR count). The second kappa shape index (κ2) is 5.31. The first-order valence-electron chi connectivity index (χ1n) is 5.59. The highest BCUT2D eigenvalue weighted by Crippen LogP contribution is 2.34. The molecule has 20 heavy (non-hydrogen) atoms. The number of thiophene rings is 1. The first-order chi connectivity index (χ1) is 9.29. The first-order valence-corrected chi connectivity index (χ1v) is 6.47. The number of aliphatic carboxylic acids is 1. The highest BCUT2D eigenvalue weighted by molar-refractivity contribution is 7.10. The SMILES string of the molecule is O=C(O)C1c2ccsc2CCN1C(=O)OCC(F)(F)F. The van der Waals surface area contributed by atoms with Gasteiger partial charge in [-0.2, -0.15) is 13.2 Å². The fraction of sp³-hybridized carbons (Fsp3) is 0.455. The molecule has 5 nitrogen and oxygen atoms in total. The highest BCUT2D eigenvalue weighted by Gasteiger charge is 2.39. The molecule has 110 valence electrons. The number of nitrogens with zero attached hydrogens (tertiary/aromatic N) is 1. The number of carboxylic acid groups (broad SMARTS) is 1. The zero-order valence-corrected chi connectivity index (χ0v) is 10.8. The summed E-state index contributed by atoms with van der Waals surface area (Å²) in [5.74, 6) is -1.30. The fourth-order valence-corrected chi connectivity index (χ4v) is 2.91. The van der Waals surface area contributed by atoms with E-state index in [-0.39, 0.29) is 6.54 Å². The molecular weight excluding hydrogens is 299 g/mol. The van der Waals surface area contributed by atoms with Crippen LogP contribution in [0.25, 0.3) is 0 Å². The molecular formula is C11H10F3NO4S. The number of halogens is 3. The van der Waals surface area contributed by atoms with Gasteiger partial charge in [-0.1, -0.05) is 0 Å². The van der Waals surface area contributed by atoms with Gasteiger partial charge in [-0.15, -0.1) is 11.3 Å². The van der Waals surface area contributed by atoms with Crippen LogP contribution in [0.2, 0.25) is 0 Å². The van der Waals surface area contributed by atoms with E-state index in [1.807, 2.05) is 0 Å². The first kappa shape index (κ1) is 14.6. The van der Waals surface area contributed by atoms with E-state index >= 15 is 0 Å². The fourth-order valence-electron chi connectivity index (χ4n) is 2.01. The van der Waals surface area contributed by atoms with Gasteiger partial charge in [-0.3, -0.25) is 4.90 Å². The summed E-state index contributed by atoms with van der Waals surface area (Å²) in [5, 5.41) is 10.9. The Labute approximate surface area is 115 Å². The van der Waals surface area contributed by atoms with E-state index in [0.717, 1.165) is 9.78 Å². The Kier molecular flexibility index (Phi) is 3.89. The van der Waals surface area contributed by atoms with Crippen molar-refractivity contribution in [1.82, 2.24) is 4.90 Å². The summed E-state index contributed by atoms with van der Waals surface area (Å²) >= 11 is 1.36. The van der Waals surface area contributed by atoms with Gasteiger partial charge in [0.05, 0.1) is 0 Å². The van der Waals surface area contributed by atoms with Crippen molar-refractivity contribution in [3.8, 4) is 0 Å². The lowest BCUT2D eigenvalue weighted by molar-refractivity contribution is -0.164. The quantitative estimate of drug-likeness (QED) is 0.911. The minimum Gasteiger partial charge on any atom is -0.479 e. The predicted molar refractivity (Wildman–Crippen MR) is 62.5 cm³/mol. The van der Waals surface area contributed by atoms with Crippen LogP contribution in [0.3, 0.4) is 0 Å². The van der Waals surface area contributed by atoms with E-state index in [9.17, 15) is 27.9 Å². The van der Waals surface area contributed by atoms with E-state index in [2.05, 4.69) is 4.74 Å². The molecule has 9 heteroatoms. The molecule has 1 amide bonds. The number of carbonyl (C=O) groups is 2. The number of hydrogen-bond acceptors (Lipinski definition) is 4. The summed E-state index contributed by atoms with van der Waals surface area (Å²) in [6.07, 6.45) is -5.51. The van der Waals surface area contributed by atoms with Crippen LogP contribution in [-0.4, -0.2) is 41.4 Å². The van der Waals surface area contributed by atoms with Crippen molar-refractivity contribution >= 4 is 23.4 Å². The summed E-state index contributed by atoms with van der Waals surface area (Å²) in [7, 11) is 0. The van der Waals surface area contributed by atoms with E-state index in [1.54, 1.807) is 11.4 Å². The number of carbonyl (C=O) groups excluding carboxylic acids is 1. The maximum Gasteiger partial charge on any atom is 0.422 e. The molecule has 0 radical (unpaired) electrons. The number of fused-ring (bicyclic) bond motifs is 1. The Balaban J connectivity index is 2.15. The van der Waals surface area contributed by atoms with Crippen LogP contribution in [0.15, 0.2) is 11.4 Å². The minimum atomic E-state index is -4.64. The minimum absolute atomic E-state index is 0.0151. The molecule has 0 aliphatic carbocycles. The van der Waals surface area contributed by atoms with Gasteiger partial charge in [0.25, 0.3) is 0 Å². The van der Waals surface area contributed by atoms with Gasteiger partial charge in [0.2, 0.25) is 0 Å². The summed E-state index contributed by atoms with van der Waals surface area (Å²) < 4.78 is 40.2. The van der Waals surface area contributed by atoms with Crippen LogP contribution in [0.1, 0.15) is 16.5 Å².